The standard InChI is InChI=1S/C18H21ClFNOS/c19-14-1-2-15(20)16(6-14)21-17(22)10-23-18-7-11-3-12(8-18)5-13(4-11)9-18/h1-2,6,11-13H,3-5,7-10H2,(H,21,22). The maximum atomic E-state index is 13.7. The number of carbonyl (C=O) groups excluding carboxylic acids is 1. The predicted molar refractivity (Wildman–Crippen MR) is 93.4 cm³/mol. The van der Waals surface area contributed by atoms with E-state index in [1.54, 1.807) is 11.8 Å². The van der Waals surface area contributed by atoms with E-state index in [9.17, 15) is 9.18 Å². The van der Waals surface area contributed by atoms with E-state index in [4.69, 9.17) is 11.6 Å². The number of hydrogen-bond acceptors (Lipinski definition) is 2. The lowest BCUT2D eigenvalue weighted by Gasteiger charge is -2.56. The Morgan fingerprint density at radius 2 is 1.83 bits per heavy atom. The normalized spacial score (nSPS) is 34.6. The fraction of sp³-hybridized carbons (Fsp3) is 0.611. The van der Waals surface area contributed by atoms with Gasteiger partial charge in [0.05, 0.1) is 11.4 Å². The van der Waals surface area contributed by atoms with Crippen molar-refractivity contribution in [2.75, 3.05) is 11.1 Å². The Hall–Kier alpha value is -0.740. The molecule has 4 fully saturated rings. The van der Waals surface area contributed by atoms with Crippen LogP contribution in [0.25, 0.3) is 0 Å². The Bertz CT molecular complexity index is 600. The minimum atomic E-state index is -0.442. The number of amides is 1. The molecule has 4 aliphatic rings. The first-order valence-electron chi connectivity index (χ1n) is 8.40. The second kappa shape index (κ2) is 5.96. The van der Waals surface area contributed by atoms with Crippen LogP contribution in [0.4, 0.5) is 10.1 Å². The van der Waals surface area contributed by atoms with Gasteiger partial charge in [-0.15, -0.1) is 11.8 Å². The smallest absolute Gasteiger partial charge is 0.234 e. The first kappa shape index (κ1) is 15.8. The third-order valence-corrected chi connectivity index (χ3v) is 7.45. The second-order valence-electron chi connectivity index (χ2n) is 7.56. The highest BCUT2D eigenvalue weighted by molar-refractivity contribution is 8.01. The molecule has 0 heterocycles. The number of nitrogens with one attached hydrogen (secondary N) is 1. The van der Waals surface area contributed by atoms with Crippen LogP contribution in [0.15, 0.2) is 18.2 Å². The first-order chi connectivity index (χ1) is 11.0. The topological polar surface area (TPSA) is 29.1 Å². The zero-order valence-corrected chi connectivity index (χ0v) is 14.6. The van der Waals surface area contributed by atoms with E-state index in [2.05, 4.69) is 5.32 Å². The lowest BCUT2D eigenvalue weighted by molar-refractivity contribution is -0.113. The summed E-state index contributed by atoms with van der Waals surface area (Å²) in [6.45, 7) is 0. The average molecular weight is 354 g/mol. The minimum Gasteiger partial charge on any atom is -0.323 e. The van der Waals surface area contributed by atoms with Gasteiger partial charge in [0.15, 0.2) is 0 Å². The molecule has 1 amide bonds. The van der Waals surface area contributed by atoms with Crippen molar-refractivity contribution < 1.29 is 9.18 Å². The molecule has 4 saturated carbocycles. The number of anilines is 1. The molecule has 124 valence electrons. The lowest BCUT2D eigenvalue weighted by Crippen LogP contribution is -2.49. The molecule has 0 spiro atoms. The van der Waals surface area contributed by atoms with E-state index < -0.39 is 5.82 Å². The van der Waals surface area contributed by atoms with Crippen molar-refractivity contribution in [2.24, 2.45) is 17.8 Å². The summed E-state index contributed by atoms with van der Waals surface area (Å²) in [7, 11) is 0. The van der Waals surface area contributed by atoms with Crippen LogP contribution < -0.4 is 5.32 Å². The maximum absolute atomic E-state index is 13.7. The molecule has 0 saturated heterocycles. The van der Waals surface area contributed by atoms with E-state index in [0.29, 0.717) is 15.5 Å². The molecule has 2 nitrogen and oxygen atoms in total. The summed E-state index contributed by atoms with van der Waals surface area (Å²) in [6.07, 6.45) is 8.01. The molecule has 0 unspecified atom stereocenters. The Morgan fingerprint density at radius 3 is 2.43 bits per heavy atom. The Morgan fingerprint density at radius 1 is 1.22 bits per heavy atom. The Kier molecular flexibility index (Phi) is 4.09. The minimum absolute atomic E-state index is 0.132. The number of rotatable bonds is 4. The summed E-state index contributed by atoms with van der Waals surface area (Å²) in [5.41, 5.74) is 0.175. The molecule has 0 atom stereocenters. The summed E-state index contributed by atoms with van der Waals surface area (Å²) in [6, 6.07) is 4.23. The van der Waals surface area contributed by atoms with Crippen molar-refractivity contribution in [3.05, 3.63) is 29.0 Å². The van der Waals surface area contributed by atoms with E-state index in [0.717, 1.165) is 17.8 Å². The molecule has 4 bridgehead atoms. The molecule has 5 rings (SSSR count). The SMILES string of the molecule is O=C(CSC12CC3CC(CC(C3)C1)C2)Nc1cc(Cl)ccc1F. The highest BCUT2D eigenvalue weighted by Crippen LogP contribution is 2.60. The van der Waals surface area contributed by atoms with Crippen molar-refractivity contribution in [2.45, 2.75) is 43.3 Å². The van der Waals surface area contributed by atoms with Gasteiger partial charge in [0.25, 0.3) is 0 Å². The highest BCUT2D eigenvalue weighted by atomic mass is 35.5. The first-order valence-corrected chi connectivity index (χ1v) is 9.76. The van der Waals surface area contributed by atoms with Crippen molar-refractivity contribution in [3.63, 3.8) is 0 Å². The fourth-order valence-corrected chi connectivity index (χ4v) is 6.95. The summed E-state index contributed by atoms with van der Waals surface area (Å²) in [5, 5.41) is 3.09. The van der Waals surface area contributed by atoms with Crippen LogP contribution in [0.2, 0.25) is 5.02 Å². The van der Waals surface area contributed by atoms with Crippen molar-refractivity contribution in [3.8, 4) is 0 Å². The fourth-order valence-electron chi connectivity index (χ4n) is 5.21. The zero-order valence-electron chi connectivity index (χ0n) is 13.0. The molecular formula is C18H21ClFNOS. The van der Waals surface area contributed by atoms with Gasteiger partial charge in [-0.3, -0.25) is 4.79 Å². The lowest BCUT2D eigenvalue weighted by atomic mass is 9.56. The van der Waals surface area contributed by atoms with E-state index in [1.165, 1.54) is 56.7 Å². The molecule has 1 aromatic rings. The number of halogens is 2. The third-order valence-electron chi connectivity index (χ3n) is 5.69. The van der Waals surface area contributed by atoms with E-state index >= 15 is 0 Å². The Balaban J connectivity index is 1.37. The van der Waals surface area contributed by atoms with Gasteiger partial charge < -0.3 is 5.32 Å². The van der Waals surface area contributed by atoms with Gasteiger partial charge in [-0.05, 0) is 74.5 Å². The van der Waals surface area contributed by atoms with Crippen LogP contribution in [0.3, 0.4) is 0 Å². The second-order valence-corrected chi connectivity index (χ2v) is 9.44. The van der Waals surface area contributed by atoms with Crippen LogP contribution in [0.5, 0.6) is 0 Å². The summed E-state index contributed by atoms with van der Waals surface area (Å²) in [4.78, 5) is 12.2. The van der Waals surface area contributed by atoms with Crippen LogP contribution in [-0.4, -0.2) is 16.4 Å². The van der Waals surface area contributed by atoms with Crippen LogP contribution >= 0.6 is 23.4 Å². The summed E-state index contributed by atoms with van der Waals surface area (Å²) < 4.78 is 14.0. The molecule has 0 radical (unpaired) electrons. The van der Waals surface area contributed by atoms with E-state index in [-0.39, 0.29) is 11.6 Å². The molecule has 1 N–H and O–H groups in total. The molecule has 1 aromatic carbocycles. The molecule has 23 heavy (non-hydrogen) atoms. The van der Waals surface area contributed by atoms with Gasteiger partial charge in [0.2, 0.25) is 5.91 Å². The van der Waals surface area contributed by atoms with Crippen molar-refractivity contribution >= 4 is 35.0 Å². The van der Waals surface area contributed by atoms with E-state index in [1.807, 2.05) is 0 Å². The van der Waals surface area contributed by atoms with Crippen molar-refractivity contribution in [1.82, 2.24) is 0 Å². The summed E-state index contributed by atoms with van der Waals surface area (Å²) in [5.74, 6) is 2.46. The third kappa shape index (κ3) is 3.25. The van der Waals surface area contributed by atoms with Gasteiger partial charge in [0, 0.05) is 9.77 Å². The van der Waals surface area contributed by atoms with Gasteiger partial charge in [-0.2, -0.15) is 0 Å². The predicted octanol–water partition coefficient (Wildman–Crippen LogP) is 5.12. The molecule has 5 heteroatoms. The zero-order chi connectivity index (χ0) is 16.0. The number of hydrogen-bond donors (Lipinski definition) is 1. The summed E-state index contributed by atoms with van der Waals surface area (Å²) >= 11 is 7.67. The van der Waals surface area contributed by atoms with Crippen LogP contribution in [0, 0.1) is 23.6 Å². The number of thioether (sulfide) groups is 1. The van der Waals surface area contributed by atoms with Gasteiger partial charge in [-0.1, -0.05) is 11.6 Å². The van der Waals surface area contributed by atoms with Gasteiger partial charge in [0.1, 0.15) is 5.82 Å². The van der Waals surface area contributed by atoms with Crippen LogP contribution in [0.1, 0.15) is 38.5 Å². The molecule has 0 aliphatic heterocycles. The molecule has 4 aliphatic carbocycles. The average Bonchev–Trinajstić information content (AvgIpc) is 2.48. The van der Waals surface area contributed by atoms with Crippen molar-refractivity contribution in [1.29, 1.82) is 0 Å². The highest BCUT2D eigenvalue weighted by Gasteiger charge is 2.51. The van der Waals surface area contributed by atoms with Crippen LogP contribution in [-0.2, 0) is 4.79 Å². The quantitative estimate of drug-likeness (QED) is 0.814. The Labute approximate surface area is 145 Å². The largest absolute Gasteiger partial charge is 0.323 e. The number of benzene rings is 1. The maximum Gasteiger partial charge on any atom is 0.234 e. The van der Waals surface area contributed by atoms with Gasteiger partial charge in [-0.25, -0.2) is 4.39 Å². The number of carbonyl (C=O) groups is 1. The molecular weight excluding hydrogens is 333 g/mol. The van der Waals surface area contributed by atoms with Gasteiger partial charge >= 0.3 is 0 Å². The monoisotopic (exact) mass is 353 g/mol. The molecule has 0 aromatic heterocycles.